The van der Waals surface area contributed by atoms with Crippen LogP contribution in [0.15, 0.2) is 48.5 Å². The molecule has 0 aliphatic heterocycles. The lowest BCUT2D eigenvalue weighted by Gasteiger charge is -2.22. The van der Waals surface area contributed by atoms with Crippen LogP contribution in [-0.2, 0) is 10.2 Å². The van der Waals surface area contributed by atoms with Gasteiger partial charge in [0.1, 0.15) is 6.04 Å². The zero-order chi connectivity index (χ0) is 22.5. The summed E-state index contributed by atoms with van der Waals surface area (Å²) in [6.45, 7) is 11.9. The molecule has 30 heavy (non-hydrogen) atoms. The zero-order valence-electron chi connectivity index (χ0n) is 18.5. The minimum absolute atomic E-state index is 0.00891. The maximum atomic E-state index is 12.6. The lowest BCUT2D eigenvalue weighted by atomic mass is 9.86. The number of amides is 3. The van der Waals surface area contributed by atoms with Crippen molar-refractivity contribution < 1.29 is 14.4 Å². The Bertz CT molecular complexity index is 895. The molecule has 2 aromatic rings. The first kappa shape index (κ1) is 23.1. The second-order valence-corrected chi connectivity index (χ2v) is 8.83. The molecule has 160 valence electrons. The summed E-state index contributed by atoms with van der Waals surface area (Å²) >= 11 is 0. The molecule has 0 saturated carbocycles. The molecule has 6 nitrogen and oxygen atoms in total. The maximum Gasteiger partial charge on any atom is 0.269 e. The molecule has 0 radical (unpaired) electrons. The summed E-state index contributed by atoms with van der Waals surface area (Å²) in [6, 6.07) is 13.5. The molecule has 2 rings (SSSR count). The van der Waals surface area contributed by atoms with Crippen molar-refractivity contribution in [2.75, 3.05) is 0 Å². The van der Waals surface area contributed by atoms with Crippen LogP contribution in [0.2, 0.25) is 0 Å². The zero-order valence-corrected chi connectivity index (χ0v) is 18.5. The van der Waals surface area contributed by atoms with E-state index < -0.39 is 17.9 Å². The maximum absolute atomic E-state index is 12.6. The Morgan fingerprint density at radius 2 is 1.27 bits per heavy atom. The van der Waals surface area contributed by atoms with Crippen LogP contribution in [-0.4, -0.2) is 23.8 Å². The lowest BCUT2D eigenvalue weighted by Crippen LogP contribution is -2.54. The van der Waals surface area contributed by atoms with Gasteiger partial charge in [0.2, 0.25) is 0 Å². The van der Waals surface area contributed by atoms with Gasteiger partial charge in [-0.05, 0) is 48.1 Å². The van der Waals surface area contributed by atoms with Gasteiger partial charge in [0, 0.05) is 11.1 Å². The molecule has 6 heteroatoms. The number of benzene rings is 2. The van der Waals surface area contributed by atoms with Crippen LogP contribution in [0, 0.1) is 12.8 Å². The van der Waals surface area contributed by atoms with Gasteiger partial charge in [-0.15, -0.1) is 0 Å². The first-order chi connectivity index (χ1) is 14.0. The van der Waals surface area contributed by atoms with Crippen LogP contribution in [0.1, 0.15) is 66.5 Å². The van der Waals surface area contributed by atoms with Gasteiger partial charge in [-0.25, -0.2) is 0 Å². The first-order valence-electron chi connectivity index (χ1n) is 10.1. The van der Waals surface area contributed by atoms with Crippen molar-refractivity contribution in [3.8, 4) is 0 Å². The van der Waals surface area contributed by atoms with Gasteiger partial charge in [0.25, 0.3) is 17.7 Å². The highest BCUT2D eigenvalue weighted by molar-refractivity contribution is 5.99. The first-order valence-corrected chi connectivity index (χ1v) is 10.1. The van der Waals surface area contributed by atoms with Gasteiger partial charge >= 0.3 is 0 Å². The van der Waals surface area contributed by atoms with Gasteiger partial charge in [-0.1, -0.05) is 64.4 Å². The SMILES string of the molecule is Cc1ccc(C(=O)NNC(=O)[C@@H](NC(=O)c2ccc(C(C)(C)C)cc2)C(C)C)cc1. The second-order valence-electron chi connectivity index (χ2n) is 8.83. The third kappa shape index (κ3) is 6.17. The van der Waals surface area contributed by atoms with E-state index >= 15 is 0 Å². The topological polar surface area (TPSA) is 87.3 Å². The smallest absolute Gasteiger partial charge is 0.269 e. The molecule has 0 aliphatic rings. The van der Waals surface area contributed by atoms with E-state index in [4.69, 9.17) is 0 Å². The van der Waals surface area contributed by atoms with Crippen molar-refractivity contribution in [1.29, 1.82) is 0 Å². The summed E-state index contributed by atoms with van der Waals surface area (Å²) < 4.78 is 0. The van der Waals surface area contributed by atoms with Gasteiger partial charge < -0.3 is 5.32 Å². The van der Waals surface area contributed by atoms with Crippen molar-refractivity contribution >= 4 is 17.7 Å². The summed E-state index contributed by atoms with van der Waals surface area (Å²) in [5.74, 6) is -1.41. The molecule has 0 fully saturated rings. The van der Waals surface area contributed by atoms with Crippen LogP contribution in [0.5, 0.6) is 0 Å². The van der Waals surface area contributed by atoms with Gasteiger partial charge in [-0.3, -0.25) is 25.2 Å². The van der Waals surface area contributed by atoms with E-state index in [1.807, 2.05) is 45.0 Å². The van der Waals surface area contributed by atoms with E-state index in [1.54, 1.807) is 24.3 Å². The molecule has 0 heterocycles. The Morgan fingerprint density at radius 1 is 0.767 bits per heavy atom. The fourth-order valence-electron chi connectivity index (χ4n) is 2.85. The predicted molar refractivity (Wildman–Crippen MR) is 118 cm³/mol. The van der Waals surface area contributed by atoms with Gasteiger partial charge in [0.05, 0.1) is 0 Å². The van der Waals surface area contributed by atoms with E-state index in [-0.39, 0.29) is 17.2 Å². The minimum atomic E-state index is -0.793. The summed E-state index contributed by atoms with van der Waals surface area (Å²) in [5, 5.41) is 2.76. The number of carbonyl (C=O) groups excluding carboxylic acids is 3. The molecule has 3 amide bonds. The minimum Gasteiger partial charge on any atom is -0.340 e. The molecule has 0 aliphatic carbocycles. The van der Waals surface area contributed by atoms with E-state index in [1.165, 1.54) is 0 Å². The molecule has 3 N–H and O–H groups in total. The number of rotatable bonds is 5. The number of hydrazine groups is 1. The average molecular weight is 410 g/mol. The lowest BCUT2D eigenvalue weighted by molar-refractivity contribution is -0.124. The summed E-state index contributed by atoms with van der Waals surface area (Å²) in [6.07, 6.45) is 0. The van der Waals surface area contributed by atoms with Crippen LogP contribution in [0.25, 0.3) is 0 Å². The van der Waals surface area contributed by atoms with E-state index in [9.17, 15) is 14.4 Å². The van der Waals surface area contributed by atoms with Crippen LogP contribution >= 0.6 is 0 Å². The van der Waals surface area contributed by atoms with Crippen molar-refractivity contribution in [3.63, 3.8) is 0 Å². The number of carbonyl (C=O) groups is 3. The summed E-state index contributed by atoms with van der Waals surface area (Å²) in [4.78, 5) is 37.4. The fourth-order valence-corrected chi connectivity index (χ4v) is 2.85. The Kier molecular flexibility index (Phi) is 7.38. The molecule has 2 aromatic carbocycles. The fraction of sp³-hybridized carbons (Fsp3) is 0.375. The van der Waals surface area contributed by atoms with Crippen molar-refractivity contribution in [2.24, 2.45) is 5.92 Å². The Labute approximate surface area is 178 Å². The van der Waals surface area contributed by atoms with Gasteiger partial charge in [0.15, 0.2) is 0 Å². The van der Waals surface area contributed by atoms with E-state index in [2.05, 4.69) is 36.9 Å². The number of aryl methyl sites for hydroxylation is 1. The quantitative estimate of drug-likeness (QED) is 0.661. The Morgan fingerprint density at radius 3 is 1.77 bits per heavy atom. The van der Waals surface area contributed by atoms with Crippen molar-refractivity contribution in [1.82, 2.24) is 16.2 Å². The molecular weight excluding hydrogens is 378 g/mol. The molecule has 0 bridgehead atoms. The monoisotopic (exact) mass is 409 g/mol. The molecule has 1 atom stereocenters. The predicted octanol–water partition coefficient (Wildman–Crippen LogP) is 3.51. The Balaban J connectivity index is 2.00. The third-order valence-electron chi connectivity index (χ3n) is 4.86. The highest BCUT2D eigenvalue weighted by Crippen LogP contribution is 2.22. The highest BCUT2D eigenvalue weighted by Gasteiger charge is 2.25. The van der Waals surface area contributed by atoms with Crippen LogP contribution in [0.3, 0.4) is 0 Å². The van der Waals surface area contributed by atoms with Crippen molar-refractivity contribution in [2.45, 2.75) is 53.0 Å². The molecule has 0 aromatic heterocycles. The molecule has 0 saturated heterocycles. The number of hydrogen-bond donors (Lipinski definition) is 3. The molecular formula is C24H31N3O3. The van der Waals surface area contributed by atoms with E-state index in [0.29, 0.717) is 11.1 Å². The normalized spacial score (nSPS) is 12.2. The van der Waals surface area contributed by atoms with Crippen molar-refractivity contribution in [3.05, 3.63) is 70.8 Å². The summed E-state index contributed by atoms with van der Waals surface area (Å²) in [7, 11) is 0. The molecule has 0 spiro atoms. The standard InChI is InChI=1S/C24H31N3O3/c1-15(2)20(23(30)27-26-22(29)18-9-7-16(3)8-10-18)25-21(28)17-11-13-19(14-12-17)24(4,5)6/h7-15,20H,1-6H3,(H,25,28)(H,26,29)(H,27,30)/t20-/m0/s1. The highest BCUT2D eigenvalue weighted by atomic mass is 16.2. The van der Waals surface area contributed by atoms with Crippen LogP contribution in [0.4, 0.5) is 0 Å². The molecule has 0 unspecified atom stereocenters. The van der Waals surface area contributed by atoms with E-state index in [0.717, 1.165) is 11.1 Å². The van der Waals surface area contributed by atoms with Crippen LogP contribution < -0.4 is 16.2 Å². The average Bonchev–Trinajstić information content (AvgIpc) is 2.69. The van der Waals surface area contributed by atoms with Gasteiger partial charge in [-0.2, -0.15) is 0 Å². The third-order valence-corrected chi connectivity index (χ3v) is 4.86. The number of hydrogen-bond acceptors (Lipinski definition) is 3. The largest absolute Gasteiger partial charge is 0.340 e. The summed E-state index contributed by atoms with van der Waals surface area (Å²) in [5.41, 5.74) is 7.87. The Hall–Kier alpha value is -3.15. The second kappa shape index (κ2) is 9.57. The number of nitrogens with one attached hydrogen (secondary N) is 3.